The maximum absolute atomic E-state index is 12.6. The third-order valence-electron chi connectivity index (χ3n) is 5.24. The molecule has 8 nitrogen and oxygen atoms in total. The normalized spacial score (nSPS) is 12.1. The summed E-state index contributed by atoms with van der Waals surface area (Å²) in [6.45, 7) is 4.83. The van der Waals surface area contributed by atoms with E-state index in [9.17, 15) is 4.79 Å². The van der Waals surface area contributed by atoms with E-state index in [2.05, 4.69) is 45.2 Å². The van der Waals surface area contributed by atoms with Gasteiger partial charge in [-0.1, -0.05) is 29.8 Å². The first kappa shape index (κ1) is 22.9. The molecule has 0 unspecified atom stereocenters. The molecular weight excluding hydrogens is 512 g/mol. The Balaban J connectivity index is 1.42. The maximum atomic E-state index is 12.6. The number of hydrogen-bond acceptors (Lipinski definition) is 6. The van der Waals surface area contributed by atoms with Crippen LogP contribution in [-0.2, 0) is 0 Å². The van der Waals surface area contributed by atoms with Gasteiger partial charge in [-0.05, 0) is 72.6 Å². The number of anilines is 1. The van der Waals surface area contributed by atoms with Crippen molar-refractivity contribution in [2.75, 3.05) is 18.7 Å². The third-order valence-corrected chi connectivity index (χ3v) is 5.77. The Labute approximate surface area is 211 Å². The fourth-order valence-corrected chi connectivity index (χ4v) is 3.75. The highest BCUT2D eigenvalue weighted by Crippen LogP contribution is 2.36. The van der Waals surface area contributed by atoms with Crippen molar-refractivity contribution in [3.63, 3.8) is 0 Å². The molecule has 4 aromatic rings. The lowest BCUT2D eigenvalue weighted by Crippen LogP contribution is -2.11. The molecule has 35 heavy (non-hydrogen) atoms. The Morgan fingerprint density at radius 2 is 1.80 bits per heavy atom. The monoisotopic (exact) mass is 534 g/mol. The summed E-state index contributed by atoms with van der Waals surface area (Å²) >= 11 is 3.38. The molecule has 3 aromatic carbocycles. The minimum absolute atomic E-state index is 0.184. The molecule has 1 aliphatic heterocycles. The van der Waals surface area contributed by atoms with Gasteiger partial charge >= 0.3 is 6.01 Å². The van der Waals surface area contributed by atoms with Gasteiger partial charge in [-0.2, -0.15) is 4.98 Å². The number of amides is 1. The number of nitrogens with zero attached hydrogens (tertiary/aromatic N) is 3. The number of halogens is 1. The predicted octanol–water partition coefficient (Wildman–Crippen LogP) is 5.71. The highest BCUT2D eigenvalue weighted by Gasteiger charge is 2.20. The van der Waals surface area contributed by atoms with E-state index in [1.54, 1.807) is 16.8 Å². The van der Waals surface area contributed by atoms with Gasteiger partial charge in [-0.3, -0.25) is 4.79 Å². The molecule has 1 N–H and O–H groups in total. The largest absolute Gasteiger partial charge is 0.462 e. The zero-order valence-corrected chi connectivity index (χ0v) is 20.8. The molecule has 0 aliphatic carbocycles. The van der Waals surface area contributed by atoms with E-state index in [0.717, 1.165) is 15.7 Å². The summed E-state index contributed by atoms with van der Waals surface area (Å²) < 4.78 is 19.4. The van der Waals surface area contributed by atoms with Gasteiger partial charge in [0.2, 0.25) is 6.79 Å². The molecule has 0 saturated heterocycles. The van der Waals surface area contributed by atoms with E-state index >= 15 is 0 Å². The lowest BCUT2D eigenvalue weighted by molar-refractivity contribution is 0.102. The lowest BCUT2D eigenvalue weighted by Gasteiger charge is -2.09. The molecule has 0 bridgehead atoms. The maximum Gasteiger partial charge on any atom is 0.336 e. The van der Waals surface area contributed by atoms with Crippen molar-refractivity contribution in [2.45, 2.75) is 13.8 Å². The molecule has 2 heterocycles. The van der Waals surface area contributed by atoms with Gasteiger partial charge < -0.3 is 19.5 Å². The van der Waals surface area contributed by atoms with Crippen LogP contribution in [0.5, 0.6) is 17.5 Å². The minimum Gasteiger partial charge on any atom is -0.462 e. The summed E-state index contributed by atoms with van der Waals surface area (Å²) in [5.74, 6) is 2.12. The SMILES string of the molecule is CC(C)COc1nc(-c2ccc3c(c2)OCO3)n(-c2ccc(NC(=O)c3ccc(Br)cc3)cc2)n1. The number of aromatic nitrogens is 3. The van der Waals surface area contributed by atoms with Crippen LogP contribution in [0.1, 0.15) is 24.2 Å². The van der Waals surface area contributed by atoms with E-state index in [1.165, 1.54) is 0 Å². The second kappa shape index (κ2) is 9.79. The van der Waals surface area contributed by atoms with Crippen LogP contribution in [0.25, 0.3) is 17.1 Å². The molecule has 0 atom stereocenters. The number of benzene rings is 3. The van der Waals surface area contributed by atoms with Gasteiger partial charge in [0.25, 0.3) is 5.91 Å². The Morgan fingerprint density at radius 3 is 2.54 bits per heavy atom. The number of carbonyl (C=O) groups excluding carboxylic acids is 1. The van der Waals surface area contributed by atoms with Gasteiger partial charge in [0.05, 0.1) is 12.3 Å². The molecule has 9 heteroatoms. The van der Waals surface area contributed by atoms with E-state index in [1.807, 2.05) is 54.6 Å². The minimum atomic E-state index is -0.184. The highest BCUT2D eigenvalue weighted by molar-refractivity contribution is 9.10. The smallest absolute Gasteiger partial charge is 0.336 e. The van der Waals surface area contributed by atoms with Crippen molar-refractivity contribution in [3.05, 3.63) is 76.8 Å². The number of ether oxygens (including phenoxy) is 3. The molecule has 178 valence electrons. The molecule has 0 fully saturated rings. The first-order valence-electron chi connectivity index (χ1n) is 11.1. The Bertz CT molecular complexity index is 1350. The summed E-state index contributed by atoms with van der Waals surface area (Å²) in [5.41, 5.74) is 2.83. The van der Waals surface area contributed by atoms with Crippen molar-refractivity contribution >= 4 is 27.5 Å². The summed E-state index contributed by atoms with van der Waals surface area (Å²) in [6.07, 6.45) is 0. The molecule has 5 rings (SSSR count). The van der Waals surface area contributed by atoms with E-state index in [4.69, 9.17) is 14.2 Å². The quantitative estimate of drug-likeness (QED) is 0.326. The van der Waals surface area contributed by atoms with Crippen molar-refractivity contribution in [1.29, 1.82) is 0 Å². The van der Waals surface area contributed by atoms with E-state index in [0.29, 0.717) is 47.1 Å². The number of fused-ring (bicyclic) bond motifs is 1. The van der Waals surface area contributed by atoms with Crippen LogP contribution in [-0.4, -0.2) is 34.1 Å². The van der Waals surface area contributed by atoms with Crippen LogP contribution < -0.4 is 19.5 Å². The van der Waals surface area contributed by atoms with Crippen molar-refractivity contribution < 1.29 is 19.0 Å². The second-order valence-corrected chi connectivity index (χ2v) is 9.33. The average Bonchev–Trinajstić information content (AvgIpc) is 3.50. The van der Waals surface area contributed by atoms with Gasteiger partial charge in [0.15, 0.2) is 17.3 Å². The summed E-state index contributed by atoms with van der Waals surface area (Å²) in [5, 5.41) is 7.50. The Kier molecular flexibility index (Phi) is 6.41. The standard InChI is InChI=1S/C26H23BrN4O4/c1-16(2)14-33-26-29-24(18-5-12-22-23(13-18)35-15-34-22)31(30-26)21-10-8-20(9-11-21)28-25(32)17-3-6-19(27)7-4-17/h3-13,16H,14-15H2,1-2H3,(H,28,32). The molecule has 1 aliphatic rings. The summed E-state index contributed by atoms with van der Waals surface area (Å²) in [4.78, 5) is 17.2. The average molecular weight is 535 g/mol. The van der Waals surface area contributed by atoms with Crippen LogP contribution >= 0.6 is 15.9 Å². The second-order valence-electron chi connectivity index (χ2n) is 8.41. The van der Waals surface area contributed by atoms with Crippen molar-refractivity contribution in [1.82, 2.24) is 14.8 Å². The van der Waals surface area contributed by atoms with Gasteiger partial charge in [0.1, 0.15) is 0 Å². The number of carbonyl (C=O) groups is 1. The van der Waals surface area contributed by atoms with Crippen LogP contribution in [0.4, 0.5) is 5.69 Å². The number of nitrogens with one attached hydrogen (secondary N) is 1. The number of rotatable bonds is 7. The molecule has 0 spiro atoms. The molecule has 0 radical (unpaired) electrons. The Hall–Kier alpha value is -3.85. The fourth-order valence-electron chi connectivity index (χ4n) is 3.49. The zero-order valence-electron chi connectivity index (χ0n) is 19.2. The topological polar surface area (TPSA) is 87.5 Å². The third kappa shape index (κ3) is 5.14. The lowest BCUT2D eigenvalue weighted by atomic mass is 10.2. The number of hydrogen-bond donors (Lipinski definition) is 1. The van der Waals surface area contributed by atoms with Crippen LogP contribution in [0.3, 0.4) is 0 Å². The highest BCUT2D eigenvalue weighted by atomic mass is 79.9. The van der Waals surface area contributed by atoms with Gasteiger partial charge in [-0.25, -0.2) is 4.68 Å². The van der Waals surface area contributed by atoms with E-state index in [-0.39, 0.29) is 12.7 Å². The predicted molar refractivity (Wildman–Crippen MR) is 135 cm³/mol. The Morgan fingerprint density at radius 1 is 1.06 bits per heavy atom. The first-order valence-corrected chi connectivity index (χ1v) is 11.9. The molecular formula is C26H23BrN4O4. The molecule has 1 amide bonds. The van der Waals surface area contributed by atoms with Crippen LogP contribution in [0.15, 0.2) is 71.2 Å². The molecule has 1 aromatic heterocycles. The van der Waals surface area contributed by atoms with Crippen LogP contribution in [0.2, 0.25) is 0 Å². The first-order chi connectivity index (χ1) is 17.0. The van der Waals surface area contributed by atoms with Crippen molar-refractivity contribution in [3.8, 4) is 34.6 Å². The van der Waals surface area contributed by atoms with Crippen molar-refractivity contribution in [2.24, 2.45) is 5.92 Å². The fraction of sp³-hybridized carbons (Fsp3) is 0.192. The van der Waals surface area contributed by atoms with Gasteiger partial charge in [-0.15, -0.1) is 5.10 Å². The van der Waals surface area contributed by atoms with Gasteiger partial charge in [0, 0.05) is 21.3 Å². The summed E-state index contributed by atoms with van der Waals surface area (Å²) in [7, 11) is 0. The summed E-state index contributed by atoms with van der Waals surface area (Å²) in [6, 6.07) is 20.5. The zero-order chi connectivity index (χ0) is 24.4. The molecule has 0 saturated carbocycles. The van der Waals surface area contributed by atoms with Crippen LogP contribution in [0, 0.1) is 5.92 Å². The van der Waals surface area contributed by atoms with E-state index < -0.39 is 0 Å².